The van der Waals surface area contributed by atoms with Crippen LogP contribution < -0.4 is 9.55 Å². The van der Waals surface area contributed by atoms with Gasteiger partial charge < -0.3 is 0 Å². The van der Waals surface area contributed by atoms with Gasteiger partial charge in [0.25, 0.3) is 0 Å². The molecule has 0 N–H and O–H groups in total. The van der Waals surface area contributed by atoms with E-state index in [1.165, 1.54) is 61.0 Å². The number of hydrogen-bond donors (Lipinski definition) is 0. The van der Waals surface area contributed by atoms with Crippen molar-refractivity contribution in [1.29, 1.82) is 0 Å². The Morgan fingerprint density at radius 2 is 1.64 bits per heavy atom. The van der Waals surface area contributed by atoms with Crippen molar-refractivity contribution in [3.8, 4) is 5.69 Å². The highest BCUT2D eigenvalue weighted by Crippen LogP contribution is 2.61. The number of para-hydroxylation sites is 1. The zero-order valence-electron chi connectivity index (χ0n) is 16.2. The van der Waals surface area contributed by atoms with Crippen LogP contribution in [0.2, 0.25) is 0 Å². The van der Waals surface area contributed by atoms with Crippen LogP contribution in [-0.2, 0) is 5.41 Å². The molecule has 0 atom stereocenters. The minimum atomic E-state index is 0.00790. The van der Waals surface area contributed by atoms with Crippen LogP contribution in [0.4, 0.5) is 0 Å². The Labute approximate surface area is 169 Å². The van der Waals surface area contributed by atoms with Crippen molar-refractivity contribution in [3.05, 3.63) is 63.3 Å². The van der Waals surface area contributed by atoms with Gasteiger partial charge in [0, 0.05) is 21.9 Å². The first-order valence-electron chi connectivity index (χ1n) is 10.5. The fourth-order valence-electron chi connectivity index (χ4n) is 6.78. The van der Waals surface area contributed by atoms with Gasteiger partial charge in [-0.1, -0.05) is 24.3 Å². The molecule has 3 aromatic rings. The first-order valence-corrected chi connectivity index (χ1v) is 11.3. The van der Waals surface area contributed by atoms with E-state index in [-0.39, 0.29) is 10.3 Å². The molecule has 1 heterocycles. The van der Waals surface area contributed by atoms with E-state index in [2.05, 4.69) is 19.1 Å². The van der Waals surface area contributed by atoms with Gasteiger partial charge in [-0.05, 0) is 97.1 Å². The molecule has 0 spiro atoms. The largest absolute Gasteiger partial charge is 0.504 e. The lowest BCUT2D eigenvalue weighted by Gasteiger charge is -2.57. The molecule has 28 heavy (non-hydrogen) atoms. The molecule has 4 saturated carbocycles. The van der Waals surface area contributed by atoms with Crippen molar-refractivity contribution in [2.45, 2.75) is 50.9 Å². The van der Waals surface area contributed by atoms with Crippen LogP contribution in [0.15, 0.2) is 47.3 Å². The van der Waals surface area contributed by atoms with Crippen molar-refractivity contribution in [3.63, 3.8) is 0 Å². The molecule has 1 aromatic heterocycles. The zero-order chi connectivity index (χ0) is 18.9. The molecular formula is C24H25N2OS+. The minimum absolute atomic E-state index is 0.00790. The normalized spacial score (nSPS) is 30.8. The fourth-order valence-corrected chi connectivity index (χ4v) is 7.78. The minimum Gasteiger partial charge on any atom is -0.200 e. The van der Waals surface area contributed by atoms with E-state index in [0.717, 1.165) is 33.7 Å². The molecule has 0 saturated heterocycles. The van der Waals surface area contributed by atoms with Crippen LogP contribution in [-0.4, -0.2) is 5.10 Å². The van der Waals surface area contributed by atoms with E-state index >= 15 is 0 Å². The van der Waals surface area contributed by atoms with Crippen LogP contribution in [0.1, 0.15) is 49.7 Å². The van der Waals surface area contributed by atoms with Gasteiger partial charge in [-0.3, -0.25) is 0 Å². The summed E-state index contributed by atoms with van der Waals surface area (Å²) in [5.41, 5.74) is 4.78. The molecule has 0 aliphatic heterocycles. The van der Waals surface area contributed by atoms with E-state index in [9.17, 15) is 4.79 Å². The lowest BCUT2D eigenvalue weighted by atomic mass is 9.48. The van der Waals surface area contributed by atoms with Crippen LogP contribution in [0.5, 0.6) is 0 Å². The molecule has 4 fully saturated rings. The monoisotopic (exact) mass is 389 g/mol. The first kappa shape index (κ1) is 16.8. The predicted octanol–water partition coefficient (Wildman–Crippen LogP) is 4.71. The maximum Gasteiger partial charge on any atom is 0.504 e. The quantitative estimate of drug-likeness (QED) is 0.595. The molecule has 142 valence electrons. The Kier molecular flexibility index (Phi) is 3.59. The van der Waals surface area contributed by atoms with Gasteiger partial charge in [0.15, 0.2) is 0 Å². The van der Waals surface area contributed by atoms with Gasteiger partial charge in [0.05, 0.1) is 4.70 Å². The summed E-state index contributed by atoms with van der Waals surface area (Å²) in [7, 11) is 0. The van der Waals surface area contributed by atoms with Gasteiger partial charge in [-0.15, -0.1) is 0 Å². The van der Waals surface area contributed by atoms with E-state index in [0.29, 0.717) is 0 Å². The Bertz CT molecular complexity index is 1100. The summed E-state index contributed by atoms with van der Waals surface area (Å²) in [5, 5.41) is 4.81. The molecule has 4 heteroatoms. The fraction of sp³-hybridized carbons (Fsp3) is 0.458. The highest BCUT2D eigenvalue weighted by Gasteiger charge is 2.52. The van der Waals surface area contributed by atoms with Crippen LogP contribution in [0.3, 0.4) is 0 Å². The molecule has 4 aliphatic rings. The average Bonchev–Trinajstić information content (AvgIpc) is 2.67. The molecular weight excluding hydrogens is 364 g/mol. The molecule has 3 nitrogen and oxygen atoms in total. The highest BCUT2D eigenvalue weighted by atomic mass is 32.1. The van der Waals surface area contributed by atoms with Crippen molar-refractivity contribution < 1.29 is 4.68 Å². The molecule has 7 rings (SSSR count). The number of aromatic nitrogens is 2. The van der Waals surface area contributed by atoms with E-state index in [1.54, 1.807) is 4.68 Å². The Balaban J connectivity index is 1.56. The summed E-state index contributed by atoms with van der Waals surface area (Å²) < 4.78 is 2.69. The summed E-state index contributed by atoms with van der Waals surface area (Å²) in [4.78, 5) is 13.0. The second-order valence-corrected chi connectivity index (χ2v) is 10.4. The molecule has 4 aliphatic carbocycles. The van der Waals surface area contributed by atoms with Gasteiger partial charge >= 0.3 is 4.87 Å². The second-order valence-electron chi connectivity index (χ2n) is 9.47. The SMILES string of the molecule is Cc1cc(C23CC4CC(CC(C4)C2)C3)c2sc(=O)[n+](-c3ccccc3)nc2c1. The number of hydrogen-bond acceptors (Lipinski definition) is 3. The maximum atomic E-state index is 13.0. The summed E-state index contributed by atoms with van der Waals surface area (Å²) in [6.45, 7) is 2.17. The predicted molar refractivity (Wildman–Crippen MR) is 112 cm³/mol. The van der Waals surface area contributed by atoms with E-state index in [1.807, 2.05) is 30.3 Å². The lowest BCUT2D eigenvalue weighted by Crippen LogP contribution is -2.50. The van der Waals surface area contributed by atoms with Gasteiger partial charge in [-0.25, -0.2) is 4.79 Å². The summed E-state index contributed by atoms with van der Waals surface area (Å²) in [6, 6.07) is 14.3. The van der Waals surface area contributed by atoms with Crippen molar-refractivity contribution in [2.75, 3.05) is 0 Å². The van der Waals surface area contributed by atoms with Crippen molar-refractivity contribution in [1.82, 2.24) is 5.10 Å². The molecule has 0 amide bonds. The molecule has 0 unspecified atom stereocenters. The number of benzene rings is 2. The summed E-state index contributed by atoms with van der Waals surface area (Å²) in [5.74, 6) is 2.68. The number of fused-ring (bicyclic) bond motifs is 1. The molecule has 0 radical (unpaired) electrons. The standard InChI is InChI=1S/C24H25N2OS/c1-15-7-20(24-12-16-9-17(13-24)11-18(10-16)14-24)22-21(8-15)25-26(23(27)28-22)19-5-3-2-4-6-19/h2-8,16-18H,9-14H2,1H3/q+1. The van der Waals surface area contributed by atoms with E-state index < -0.39 is 0 Å². The van der Waals surface area contributed by atoms with Crippen LogP contribution in [0.25, 0.3) is 15.9 Å². The Hall–Kier alpha value is -2.07. The molecule has 2 aromatic carbocycles. The van der Waals surface area contributed by atoms with Crippen LogP contribution in [0, 0.1) is 24.7 Å². The van der Waals surface area contributed by atoms with Crippen LogP contribution >= 0.6 is 11.3 Å². The van der Waals surface area contributed by atoms with Gasteiger partial charge in [0.2, 0.25) is 5.69 Å². The smallest absolute Gasteiger partial charge is 0.200 e. The highest BCUT2D eigenvalue weighted by molar-refractivity contribution is 7.15. The summed E-state index contributed by atoms with van der Waals surface area (Å²) >= 11 is 1.39. The topological polar surface area (TPSA) is 33.8 Å². The third-order valence-corrected chi connectivity index (χ3v) is 8.37. The second kappa shape index (κ2) is 5.96. The Morgan fingerprint density at radius 1 is 1.00 bits per heavy atom. The van der Waals surface area contributed by atoms with Gasteiger partial charge in [-0.2, -0.15) is 0 Å². The third kappa shape index (κ3) is 2.50. The Morgan fingerprint density at radius 3 is 2.29 bits per heavy atom. The van der Waals surface area contributed by atoms with Crippen molar-refractivity contribution >= 4 is 21.6 Å². The zero-order valence-corrected chi connectivity index (χ0v) is 17.0. The van der Waals surface area contributed by atoms with Gasteiger partial charge in [0.1, 0.15) is 5.52 Å². The number of nitrogens with zero attached hydrogens (tertiary/aromatic N) is 2. The van der Waals surface area contributed by atoms with E-state index in [4.69, 9.17) is 5.10 Å². The summed E-state index contributed by atoms with van der Waals surface area (Å²) in [6.07, 6.45) is 8.24. The number of aryl methyl sites for hydroxylation is 1. The lowest BCUT2D eigenvalue weighted by molar-refractivity contribution is -0.667. The van der Waals surface area contributed by atoms with Crippen molar-refractivity contribution in [2.24, 2.45) is 17.8 Å². The maximum absolute atomic E-state index is 13.0. The third-order valence-electron chi connectivity index (χ3n) is 7.39. The first-order chi connectivity index (χ1) is 13.6. The average molecular weight is 390 g/mol. The molecule has 4 bridgehead atoms. The number of rotatable bonds is 2.